The number of hydrogen-bond acceptors (Lipinski definition) is 5. The lowest BCUT2D eigenvalue weighted by atomic mass is 10.2. The van der Waals surface area contributed by atoms with Gasteiger partial charge in [-0.2, -0.15) is 0 Å². The van der Waals surface area contributed by atoms with E-state index in [-0.39, 0.29) is 11.5 Å². The van der Waals surface area contributed by atoms with Gasteiger partial charge in [-0.3, -0.25) is 9.59 Å². The third kappa shape index (κ3) is 4.06. The zero-order chi connectivity index (χ0) is 17.8. The van der Waals surface area contributed by atoms with Crippen molar-refractivity contribution in [2.45, 2.75) is 20.3 Å². The largest absolute Gasteiger partial charge is 0.378 e. The van der Waals surface area contributed by atoms with E-state index in [2.05, 4.69) is 20.2 Å². The van der Waals surface area contributed by atoms with Crippen LogP contribution in [0, 0.1) is 6.92 Å². The number of aromatic nitrogens is 2. The second-order valence-electron chi connectivity index (χ2n) is 5.97. The SMILES string of the molecule is CCc1cc(C(=O)Nc2ccc(N3CCOCC3)nc2C)cc(=O)[nH]1. The highest BCUT2D eigenvalue weighted by atomic mass is 16.5. The first-order valence-electron chi connectivity index (χ1n) is 8.41. The van der Waals surface area contributed by atoms with Gasteiger partial charge in [0.15, 0.2) is 0 Å². The number of hydrogen-bond donors (Lipinski definition) is 2. The van der Waals surface area contributed by atoms with E-state index < -0.39 is 0 Å². The van der Waals surface area contributed by atoms with Crippen molar-refractivity contribution in [3.05, 3.63) is 51.6 Å². The minimum Gasteiger partial charge on any atom is -0.378 e. The van der Waals surface area contributed by atoms with E-state index in [1.165, 1.54) is 6.07 Å². The predicted molar refractivity (Wildman–Crippen MR) is 96.4 cm³/mol. The highest BCUT2D eigenvalue weighted by Crippen LogP contribution is 2.20. The first-order valence-corrected chi connectivity index (χ1v) is 8.41. The van der Waals surface area contributed by atoms with Gasteiger partial charge < -0.3 is 19.9 Å². The van der Waals surface area contributed by atoms with Crippen molar-refractivity contribution in [1.29, 1.82) is 0 Å². The smallest absolute Gasteiger partial charge is 0.255 e. The lowest BCUT2D eigenvalue weighted by Crippen LogP contribution is -2.36. The van der Waals surface area contributed by atoms with Gasteiger partial charge in [-0.15, -0.1) is 0 Å². The average molecular weight is 342 g/mol. The van der Waals surface area contributed by atoms with Crippen LogP contribution in [-0.2, 0) is 11.2 Å². The molecule has 2 N–H and O–H groups in total. The Balaban J connectivity index is 1.77. The molecular formula is C18H22N4O3. The third-order valence-corrected chi connectivity index (χ3v) is 4.20. The van der Waals surface area contributed by atoms with Gasteiger partial charge in [-0.1, -0.05) is 6.92 Å². The maximum atomic E-state index is 12.5. The molecule has 1 aliphatic heterocycles. The molecule has 7 nitrogen and oxygen atoms in total. The number of pyridine rings is 2. The maximum Gasteiger partial charge on any atom is 0.255 e. The summed E-state index contributed by atoms with van der Waals surface area (Å²) in [5.74, 6) is 0.563. The van der Waals surface area contributed by atoms with Crippen molar-refractivity contribution in [1.82, 2.24) is 9.97 Å². The second kappa shape index (κ2) is 7.48. The number of nitrogens with one attached hydrogen (secondary N) is 2. The van der Waals surface area contributed by atoms with Crippen LogP contribution >= 0.6 is 0 Å². The summed E-state index contributed by atoms with van der Waals surface area (Å²) in [6.07, 6.45) is 0.658. The van der Waals surface area contributed by atoms with Gasteiger partial charge in [0.1, 0.15) is 5.82 Å². The van der Waals surface area contributed by atoms with Crippen molar-refractivity contribution < 1.29 is 9.53 Å². The normalized spacial score (nSPS) is 14.4. The molecule has 0 saturated carbocycles. The Morgan fingerprint density at radius 1 is 1.32 bits per heavy atom. The first kappa shape index (κ1) is 17.2. The second-order valence-corrected chi connectivity index (χ2v) is 5.97. The van der Waals surface area contributed by atoms with Crippen LogP contribution in [0.15, 0.2) is 29.1 Å². The number of morpholine rings is 1. The number of H-pyrrole nitrogens is 1. The summed E-state index contributed by atoms with van der Waals surface area (Å²) in [6, 6.07) is 6.74. The molecule has 2 aromatic rings. The van der Waals surface area contributed by atoms with Crippen LogP contribution in [0.3, 0.4) is 0 Å². The molecule has 0 radical (unpaired) electrons. The van der Waals surface area contributed by atoms with E-state index in [1.807, 2.05) is 26.0 Å². The number of anilines is 2. The number of carbonyl (C=O) groups is 1. The van der Waals surface area contributed by atoms with E-state index in [0.717, 1.165) is 30.3 Å². The van der Waals surface area contributed by atoms with E-state index in [9.17, 15) is 9.59 Å². The van der Waals surface area contributed by atoms with Gasteiger partial charge in [0.25, 0.3) is 5.91 Å². The Kier molecular flexibility index (Phi) is 5.14. The molecule has 0 aromatic carbocycles. The molecule has 0 spiro atoms. The molecule has 1 amide bonds. The van der Waals surface area contributed by atoms with E-state index >= 15 is 0 Å². The standard InChI is InChI=1S/C18H22N4O3/c1-3-14-10-13(11-17(23)20-14)18(24)21-15-4-5-16(19-12(15)2)22-6-8-25-9-7-22/h4-5,10-11H,3,6-9H2,1-2H3,(H,20,23)(H,21,24). The van der Waals surface area contributed by atoms with Crippen molar-refractivity contribution in [2.75, 3.05) is 36.5 Å². The van der Waals surface area contributed by atoms with Crippen LogP contribution in [0.5, 0.6) is 0 Å². The summed E-state index contributed by atoms with van der Waals surface area (Å²) in [5, 5.41) is 2.84. The Bertz CT molecular complexity index is 825. The van der Waals surface area contributed by atoms with Crippen molar-refractivity contribution in [3.8, 4) is 0 Å². The Morgan fingerprint density at radius 2 is 2.08 bits per heavy atom. The number of carbonyl (C=O) groups excluding carboxylic acids is 1. The van der Waals surface area contributed by atoms with Crippen LogP contribution in [0.4, 0.5) is 11.5 Å². The zero-order valence-corrected chi connectivity index (χ0v) is 14.5. The molecule has 25 heavy (non-hydrogen) atoms. The Hall–Kier alpha value is -2.67. The number of aromatic amines is 1. The quantitative estimate of drug-likeness (QED) is 0.883. The maximum absolute atomic E-state index is 12.5. The summed E-state index contributed by atoms with van der Waals surface area (Å²) in [5.41, 5.74) is 2.17. The van der Waals surface area contributed by atoms with Crippen molar-refractivity contribution >= 4 is 17.4 Å². The number of aryl methyl sites for hydroxylation is 2. The van der Waals surface area contributed by atoms with Crippen LogP contribution in [0.1, 0.15) is 28.7 Å². The molecule has 1 saturated heterocycles. The van der Waals surface area contributed by atoms with Crippen molar-refractivity contribution in [3.63, 3.8) is 0 Å². The van der Waals surface area contributed by atoms with Crippen LogP contribution in [0.2, 0.25) is 0 Å². The average Bonchev–Trinajstić information content (AvgIpc) is 2.63. The summed E-state index contributed by atoms with van der Waals surface area (Å²) < 4.78 is 5.35. The van der Waals surface area contributed by atoms with E-state index in [0.29, 0.717) is 30.9 Å². The number of amides is 1. The summed E-state index contributed by atoms with van der Waals surface area (Å²) in [4.78, 5) is 33.6. The summed E-state index contributed by atoms with van der Waals surface area (Å²) in [6.45, 7) is 6.79. The van der Waals surface area contributed by atoms with E-state index in [1.54, 1.807) is 6.07 Å². The first-order chi connectivity index (χ1) is 12.1. The summed E-state index contributed by atoms with van der Waals surface area (Å²) >= 11 is 0. The van der Waals surface area contributed by atoms with Gasteiger partial charge in [-0.05, 0) is 31.5 Å². The van der Waals surface area contributed by atoms with Gasteiger partial charge in [0.2, 0.25) is 5.56 Å². The molecule has 0 unspecified atom stereocenters. The molecule has 7 heteroatoms. The molecule has 0 atom stereocenters. The van der Waals surface area contributed by atoms with Gasteiger partial charge in [0.05, 0.1) is 24.6 Å². The van der Waals surface area contributed by atoms with Crippen LogP contribution in [-0.4, -0.2) is 42.2 Å². The highest BCUT2D eigenvalue weighted by molar-refractivity contribution is 6.04. The molecule has 3 rings (SSSR count). The molecular weight excluding hydrogens is 320 g/mol. The van der Waals surface area contributed by atoms with Gasteiger partial charge in [-0.25, -0.2) is 4.98 Å². The predicted octanol–water partition coefficient (Wildman–Crippen LogP) is 1.73. The van der Waals surface area contributed by atoms with Crippen molar-refractivity contribution in [2.24, 2.45) is 0 Å². The molecule has 3 heterocycles. The fourth-order valence-electron chi connectivity index (χ4n) is 2.77. The van der Waals surface area contributed by atoms with E-state index in [4.69, 9.17) is 4.74 Å². The molecule has 1 fully saturated rings. The minimum atomic E-state index is -0.315. The zero-order valence-electron chi connectivity index (χ0n) is 14.5. The molecule has 132 valence electrons. The van der Waals surface area contributed by atoms with Gasteiger partial charge in [0, 0.05) is 30.4 Å². The third-order valence-electron chi connectivity index (χ3n) is 4.20. The fourth-order valence-corrected chi connectivity index (χ4v) is 2.77. The Morgan fingerprint density at radius 3 is 2.76 bits per heavy atom. The molecule has 1 aliphatic rings. The van der Waals surface area contributed by atoms with Crippen LogP contribution < -0.4 is 15.8 Å². The number of rotatable bonds is 4. The topological polar surface area (TPSA) is 87.3 Å². The summed E-state index contributed by atoms with van der Waals surface area (Å²) in [7, 11) is 0. The highest BCUT2D eigenvalue weighted by Gasteiger charge is 2.15. The Labute approximate surface area is 146 Å². The lowest BCUT2D eigenvalue weighted by molar-refractivity contribution is 0.102. The molecule has 2 aromatic heterocycles. The van der Waals surface area contributed by atoms with Gasteiger partial charge >= 0.3 is 0 Å². The monoisotopic (exact) mass is 342 g/mol. The number of nitrogens with zero attached hydrogens (tertiary/aromatic N) is 2. The molecule has 0 aliphatic carbocycles. The molecule has 0 bridgehead atoms. The lowest BCUT2D eigenvalue weighted by Gasteiger charge is -2.28. The van der Waals surface area contributed by atoms with Crippen LogP contribution in [0.25, 0.3) is 0 Å². The minimum absolute atomic E-state index is 0.276. The number of ether oxygens (including phenoxy) is 1. The fraction of sp³-hybridized carbons (Fsp3) is 0.389.